The molecule has 2 aliphatic rings. The van der Waals surface area contributed by atoms with Gasteiger partial charge in [0.2, 0.25) is 0 Å². The number of hydrogen-bond acceptors (Lipinski definition) is 6. The van der Waals surface area contributed by atoms with Crippen molar-refractivity contribution in [3.05, 3.63) is 54.0 Å². The summed E-state index contributed by atoms with van der Waals surface area (Å²) in [5.41, 5.74) is 3.38. The highest BCUT2D eigenvalue weighted by atomic mass is 32.2. The van der Waals surface area contributed by atoms with Crippen molar-refractivity contribution in [3.8, 4) is 0 Å². The van der Waals surface area contributed by atoms with Gasteiger partial charge >= 0.3 is 10.3 Å². The van der Waals surface area contributed by atoms with Crippen molar-refractivity contribution < 1.29 is 18.1 Å². The van der Waals surface area contributed by atoms with Gasteiger partial charge in [-0.15, -0.1) is 0 Å². The van der Waals surface area contributed by atoms with Crippen LogP contribution in [0.3, 0.4) is 0 Å². The SMILES string of the molecule is O=S(=O)(O)N[C@@H]1C[C@H](n2ccc3c(N[C@H]4CCc5ccccc54)ncnc32)C[C@@H]1O. The van der Waals surface area contributed by atoms with Crippen LogP contribution in [0.4, 0.5) is 5.82 Å². The van der Waals surface area contributed by atoms with E-state index in [0.717, 1.165) is 29.7 Å². The summed E-state index contributed by atoms with van der Waals surface area (Å²) in [6, 6.07) is 9.66. The quantitative estimate of drug-likeness (QED) is 0.456. The van der Waals surface area contributed by atoms with Crippen LogP contribution in [0.2, 0.25) is 0 Å². The maximum absolute atomic E-state index is 11.1. The molecule has 0 unspecified atom stereocenters. The van der Waals surface area contributed by atoms with Gasteiger partial charge in [0, 0.05) is 12.2 Å². The van der Waals surface area contributed by atoms with Gasteiger partial charge in [-0.25, -0.2) is 9.97 Å². The molecule has 0 radical (unpaired) electrons. The van der Waals surface area contributed by atoms with Crippen molar-refractivity contribution in [3.63, 3.8) is 0 Å². The lowest BCUT2D eigenvalue weighted by molar-refractivity contribution is 0.155. The molecule has 2 aromatic heterocycles. The second-order valence-electron chi connectivity index (χ2n) is 8.01. The minimum atomic E-state index is -4.37. The molecule has 1 saturated carbocycles. The van der Waals surface area contributed by atoms with Crippen molar-refractivity contribution in [2.45, 2.75) is 49.9 Å². The number of aryl methyl sites for hydroxylation is 1. The average Bonchev–Trinajstić information content (AvgIpc) is 3.39. The highest BCUT2D eigenvalue weighted by molar-refractivity contribution is 7.83. The van der Waals surface area contributed by atoms with E-state index >= 15 is 0 Å². The lowest BCUT2D eigenvalue weighted by atomic mass is 10.1. The lowest BCUT2D eigenvalue weighted by Gasteiger charge is -2.16. The molecule has 3 aromatic rings. The smallest absolute Gasteiger partial charge is 0.333 e. The van der Waals surface area contributed by atoms with E-state index in [-0.39, 0.29) is 12.1 Å². The van der Waals surface area contributed by atoms with Crippen LogP contribution in [-0.2, 0) is 16.7 Å². The molecule has 1 fully saturated rings. The minimum Gasteiger partial charge on any atom is -0.391 e. The highest BCUT2D eigenvalue weighted by Gasteiger charge is 2.36. The molecular weight excluding hydrogens is 406 g/mol. The molecule has 2 heterocycles. The van der Waals surface area contributed by atoms with Crippen LogP contribution >= 0.6 is 0 Å². The van der Waals surface area contributed by atoms with E-state index < -0.39 is 22.4 Å². The zero-order valence-corrected chi connectivity index (χ0v) is 17.0. The molecule has 0 amide bonds. The van der Waals surface area contributed by atoms with E-state index in [9.17, 15) is 13.5 Å². The first kappa shape index (κ1) is 19.4. The summed E-state index contributed by atoms with van der Waals surface area (Å²) in [5.74, 6) is 0.756. The summed E-state index contributed by atoms with van der Waals surface area (Å²) < 4.78 is 35.3. The number of benzene rings is 1. The Hall–Kier alpha value is -2.53. The molecule has 9 nitrogen and oxygen atoms in total. The molecule has 30 heavy (non-hydrogen) atoms. The number of nitrogens with zero attached hydrogens (tertiary/aromatic N) is 3. The Kier molecular flexibility index (Phi) is 4.73. The summed E-state index contributed by atoms with van der Waals surface area (Å²) in [6.45, 7) is 0. The number of hydrogen-bond donors (Lipinski definition) is 4. The second kappa shape index (κ2) is 7.31. The van der Waals surface area contributed by atoms with E-state index in [4.69, 9.17) is 4.55 Å². The minimum absolute atomic E-state index is 0.147. The lowest BCUT2D eigenvalue weighted by Crippen LogP contribution is -2.39. The van der Waals surface area contributed by atoms with Gasteiger partial charge in [0.25, 0.3) is 0 Å². The Labute approximate surface area is 174 Å². The second-order valence-corrected chi connectivity index (χ2v) is 9.19. The molecule has 4 N–H and O–H groups in total. The number of aliphatic hydroxyl groups excluding tert-OH is 1. The Morgan fingerprint density at radius 1 is 1.13 bits per heavy atom. The third-order valence-corrected chi connectivity index (χ3v) is 6.75. The summed E-state index contributed by atoms with van der Waals surface area (Å²) >= 11 is 0. The maximum Gasteiger partial charge on any atom is 0.333 e. The van der Waals surface area contributed by atoms with Crippen LogP contribution in [0.25, 0.3) is 11.0 Å². The van der Waals surface area contributed by atoms with E-state index in [1.54, 1.807) is 0 Å². The Morgan fingerprint density at radius 2 is 1.97 bits per heavy atom. The van der Waals surface area contributed by atoms with E-state index in [2.05, 4.69) is 38.2 Å². The number of anilines is 1. The fourth-order valence-electron chi connectivity index (χ4n) is 4.79. The first-order chi connectivity index (χ1) is 14.4. The van der Waals surface area contributed by atoms with Crippen molar-refractivity contribution >= 4 is 27.2 Å². The maximum atomic E-state index is 11.1. The zero-order chi connectivity index (χ0) is 20.9. The molecule has 2 aliphatic carbocycles. The van der Waals surface area contributed by atoms with Gasteiger partial charge in [-0.1, -0.05) is 24.3 Å². The fraction of sp³-hybridized carbons (Fsp3) is 0.400. The van der Waals surface area contributed by atoms with Crippen LogP contribution in [0.5, 0.6) is 0 Å². The molecule has 0 spiro atoms. The molecule has 0 saturated heterocycles. The van der Waals surface area contributed by atoms with Crippen LogP contribution in [0.15, 0.2) is 42.9 Å². The topological polar surface area (TPSA) is 129 Å². The summed E-state index contributed by atoms with van der Waals surface area (Å²) in [4.78, 5) is 8.88. The first-order valence-corrected chi connectivity index (χ1v) is 11.4. The van der Waals surface area contributed by atoms with Crippen LogP contribution in [-0.4, -0.2) is 44.8 Å². The Bertz CT molecular complexity index is 1190. The zero-order valence-electron chi connectivity index (χ0n) is 16.1. The van der Waals surface area contributed by atoms with E-state index in [1.807, 2.05) is 22.9 Å². The molecule has 0 bridgehead atoms. The average molecular weight is 430 g/mol. The predicted molar refractivity (Wildman–Crippen MR) is 111 cm³/mol. The fourth-order valence-corrected chi connectivity index (χ4v) is 5.42. The van der Waals surface area contributed by atoms with Crippen molar-refractivity contribution in [2.75, 3.05) is 5.32 Å². The molecule has 5 rings (SSSR count). The van der Waals surface area contributed by atoms with Crippen molar-refractivity contribution in [2.24, 2.45) is 0 Å². The number of fused-ring (bicyclic) bond motifs is 2. The third-order valence-electron chi connectivity index (χ3n) is 6.15. The molecule has 0 aliphatic heterocycles. The molecular formula is C20H23N5O4S. The van der Waals surface area contributed by atoms with Crippen LogP contribution < -0.4 is 10.0 Å². The Balaban J connectivity index is 1.41. The van der Waals surface area contributed by atoms with E-state index in [1.165, 1.54) is 17.5 Å². The third kappa shape index (κ3) is 3.56. The number of rotatable bonds is 5. The number of nitrogens with one attached hydrogen (secondary N) is 2. The first-order valence-electron chi connectivity index (χ1n) is 9.98. The monoisotopic (exact) mass is 429 g/mol. The largest absolute Gasteiger partial charge is 0.391 e. The summed E-state index contributed by atoms with van der Waals surface area (Å²) in [6.07, 6.45) is 5.27. The number of aliphatic hydroxyl groups is 1. The highest BCUT2D eigenvalue weighted by Crippen LogP contribution is 2.37. The van der Waals surface area contributed by atoms with Gasteiger partial charge in [0.05, 0.1) is 23.6 Å². The standard InChI is InChI=1S/C20H23N5O4S/c26-18-10-13(9-17(18)24-30(27,28)29)25-8-7-15-19(21-11-22-20(15)25)23-16-6-5-12-3-1-2-4-14(12)16/h1-4,7-8,11,13,16-18,24,26H,5-6,9-10H2,(H,21,22,23)(H,27,28,29)/t13-,16-,17+,18-/m0/s1. The van der Waals surface area contributed by atoms with Crippen molar-refractivity contribution in [1.82, 2.24) is 19.3 Å². The molecule has 4 atom stereocenters. The van der Waals surface area contributed by atoms with E-state index in [0.29, 0.717) is 12.8 Å². The predicted octanol–water partition coefficient (Wildman–Crippen LogP) is 1.99. The molecule has 158 valence electrons. The van der Waals surface area contributed by atoms with Gasteiger partial charge in [0.15, 0.2) is 0 Å². The van der Waals surface area contributed by atoms with Gasteiger partial charge < -0.3 is 15.0 Å². The number of aromatic nitrogens is 3. The summed E-state index contributed by atoms with van der Waals surface area (Å²) in [5, 5.41) is 14.7. The Morgan fingerprint density at radius 3 is 2.80 bits per heavy atom. The molecule has 10 heteroatoms. The van der Waals surface area contributed by atoms with Crippen LogP contribution in [0.1, 0.15) is 42.5 Å². The van der Waals surface area contributed by atoms with Crippen LogP contribution in [0, 0.1) is 0 Å². The van der Waals surface area contributed by atoms with Gasteiger partial charge in [-0.2, -0.15) is 13.1 Å². The van der Waals surface area contributed by atoms with Crippen molar-refractivity contribution in [1.29, 1.82) is 0 Å². The van der Waals surface area contributed by atoms with Gasteiger partial charge in [0.1, 0.15) is 17.8 Å². The normalized spacial score (nSPS) is 26.2. The van der Waals surface area contributed by atoms with Gasteiger partial charge in [-0.05, 0) is 42.9 Å². The van der Waals surface area contributed by atoms with Gasteiger partial charge in [-0.3, -0.25) is 4.55 Å². The molecule has 1 aromatic carbocycles. The summed E-state index contributed by atoms with van der Waals surface area (Å²) in [7, 11) is -4.37.